The van der Waals surface area contributed by atoms with Gasteiger partial charge in [-0.05, 0) is 35.2 Å². The van der Waals surface area contributed by atoms with Crippen LogP contribution in [0.2, 0.25) is 5.02 Å². The Morgan fingerprint density at radius 2 is 1.88 bits per heavy atom. The van der Waals surface area contributed by atoms with Gasteiger partial charge in [-0.25, -0.2) is 4.21 Å². The van der Waals surface area contributed by atoms with Crippen molar-refractivity contribution in [3.05, 3.63) is 65.4 Å². The van der Waals surface area contributed by atoms with Crippen molar-refractivity contribution in [2.24, 2.45) is 0 Å². The highest BCUT2D eigenvalue weighted by Crippen LogP contribution is 2.29. The number of carbonyl (C=O) groups excluding carboxylic acids is 1. The molecule has 0 aliphatic rings. The summed E-state index contributed by atoms with van der Waals surface area (Å²) in [4.78, 5) is 16.7. The zero-order valence-electron chi connectivity index (χ0n) is 13.7. The zero-order chi connectivity index (χ0) is 18.0. The molecular formula is C18H16ClN3O2S. The number of halogens is 1. The number of nitrogens with one attached hydrogen (secondary N) is 1. The van der Waals surface area contributed by atoms with E-state index in [4.69, 9.17) is 11.6 Å². The highest BCUT2D eigenvalue weighted by atomic mass is 35.5. The topological polar surface area (TPSA) is 62.3 Å². The number of hydrogen-bond donors (Lipinski definition) is 1. The highest BCUT2D eigenvalue weighted by Gasteiger charge is 2.12. The van der Waals surface area contributed by atoms with Crippen LogP contribution in [-0.4, -0.2) is 32.8 Å². The number of amides is 1. The van der Waals surface area contributed by atoms with Crippen molar-refractivity contribution in [1.29, 1.82) is 0 Å². The maximum atomic E-state index is 12.4. The Morgan fingerprint density at radius 3 is 2.56 bits per heavy atom. The van der Waals surface area contributed by atoms with E-state index >= 15 is 0 Å². The molecule has 0 aliphatic carbocycles. The average molecular weight is 374 g/mol. The van der Waals surface area contributed by atoms with Crippen molar-refractivity contribution in [3.63, 3.8) is 0 Å². The van der Waals surface area contributed by atoms with Crippen LogP contribution in [0.5, 0.6) is 0 Å². The predicted octanol–water partition coefficient (Wildman–Crippen LogP) is 3.43. The van der Waals surface area contributed by atoms with Crippen molar-refractivity contribution in [2.75, 3.05) is 13.3 Å². The van der Waals surface area contributed by atoms with E-state index in [9.17, 15) is 9.00 Å². The normalized spacial score (nSPS) is 12.3. The Bertz CT molecular complexity index is 960. The smallest absolute Gasteiger partial charge is 0.266 e. The lowest BCUT2D eigenvalue weighted by Crippen LogP contribution is -2.39. The predicted molar refractivity (Wildman–Crippen MR) is 101 cm³/mol. The number of fused-ring (bicyclic) bond motifs is 1. The number of rotatable bonds is 4. The van der Waals surface area contributed by atoms with E-state index in [1.807, 2.05) is 36.4 Å². The first-order valence-electron chi connectivity index (χ1n) is 7.47. The molecule has 3 aromatic rings. The van der Waals surface area contributed by atoms with Gasteiger partial charge in [-0.3, -0.25) is 15.2 Å². The van der Waals surface area contributed by atoms with Crippen LogP contribution in [0.3, 0.4) is 0 Å². The summed E-state index contributed by atoms with van der Waals surface area (Å²) in [6.45, 7) is 0. The molecule has 0 fully saturated rings. The maximum Gasteiger partial charge on any atom is 0.266 e. The SMILES string of the molecule is CN(NC(=O)c1ccc2cncc(-c3ccc(Cl)cc3)c2c1)S(C)=O. The van der Waals surface area contributed by atoms with Crippen LogP contribution in [0.15, 0.2) is 54.9 Å². The Balaban J connectivity index is 2.04. The number of hydrazine groups is 1. The molecule has 25 heavy (non-hydrogen) atoms. The van der Waals surface area contributed by atoms with Crippen LogP contribution < -0.4 is 5.43 Å². The van der Waals surface area contributed by atoms with Crippen molar-refractivity contribution in [3.8, 4) is 11.1 Å². The molecule has 0 radical (unpaired) electrons. The Morgan fingerprint density at radius 1 is 1.16 bits per heavy atom. The van der Waals surface area contributed by atoms with Crippen molar-refractivity contribution in [1.82, 2.24) is 14.8 Å². The third-order valence-electron chi connectivity index (χ3n) is 3.82. The fraction of sp³-hybridized carbons (Fsp3) is 0.111. The minimum atomic E-state index is -1.29. The molecule has 7 heteroatoms. The summed E-state index contributed by atoms with van der Waals surface area (Å²) in [6.07, 6.45) is 5.01. The molecule has 0 spiro atoms. The van der Waals surface area contributed by atoms with E-state index < -0.39 is 11.0 Å². The largest absolute Gasteiger partial charge is 0.273 e. The average Bonchev–Trinajstić information content (AvgIpc) is 2.61. The Kier molecular flexibility index (Phi) is 5.13. The molecule has 1 amide bonds. The molecule has 0 aliphatic heterocycles. The van der Waals surface area contributed by atoms with Gasteiger partial charge in [0.15, 0.2) is 0 Å². The van der Waals surface area contributed by atoms with Crippen LogP contribution in [0.4, 0.5) is 0 Å². The second-order valence-electron chi connectivity index (χ2n) is 5.49. The van der Waals surface area contributed by atoms with Gasteiger partial charge in [-0.2, -0.15) is 0 Å². The molecule has 1 unspecified atom stereocenters. The van der Waals surface area contributed by atoms with Crippen LogP contribution in [0, 0.1) is 0 Å². The lowest BCUT2D eigenvalue weighted by atomic mass is 9.99. The molecule has 0 saturated heterocycles. The zero-order valence-corrected chi connectivity index (χ0v) is 15.3. The molecule has 5 nitrogen and oxygen atoms in total. The van der Waals surface area contributed by atoms with Gasteiger partial charge in [0.05, 0.1) is 0 Å². The standard InChI is InChI=1S/C18H16ClN3O2S/c1-22(25(2)24)21-18(23)13-3-4-14-10-20-11-17(16(14)9-13)12-5-7-15(19)8-6-12/h3-11H,1-2H3,(H,21,23). The van der Waals surface area contributed by atoms with Gasteiger partial charge in [0.2, 0.25) is 0 Å². The Hall–Kier alpha value is -2.28. The fourth-order valence-electron chi connectivity index (χ4n) is 2.44. The van der Waals surface area contributed by atoms with Gasteiger partial charge in [0.1, 0.15) is 11.0 Å². The van der Waals surface area contributed by atoms with Gasteiger partial charge >= 0.3 is 0 Å². The van der Waals surface area contributed by atoms with Crippen LogP contribution in [-0.2, 0) is 11.0 Å². The second kappa shape index (κ2) is 7.31. The number of pyridine rings is 1. The quantitative estimate of drug-likeness (QED) is 0.713. The van der Waals surface area contributed by atoms with Crippen molar-refractivity contribution >= 4 is 39.3 Å². The second-order valence-corrected chi connectivity index (χ2v) is 7.32. The van der Waals surface area contributed by atoms with Crippen molar-refractivity contribution < 1.29 is 9.00 Å². The molecule has 0 bridgehead atoms. The van der Waals surface area contributed by atoms with E-state index in [1.54, 1.807) is 25.5 Å². The number of nitrogens with zero attached hydrogens (tertiary/aromatic N) is 2. The summed E-state index contributed by atoms with van der Waals surface area (Å²) >= 11 is 5.96. The lowest BCUT2D eigenvalue weighted by Gasteiger charge is -2.15. The summed E-state index contributed by atoms with van der Waals surface area (Å²) in [7, 11) is 0.264. The molecule has 2 aromatic carbocycles. The van der Waals surface area contributed by atoms with E-state index in [1.165, 1.54) is 10.7 Å². The summed E-state index contributed by atoms with van der Waals surface area (Å²) in [5, 5.41) is 2.49. The third-order valence-corrected chi connectivity index (χ3v) is 4.94. The number of hydrogen-bond acceptors (Lipinski definition) is 3. The van der Waals surface area contributed by atoms with Gasteiger partial charge in [-0.15, -0.1) is 4.41 Å². The Labute approximate surface area is 153 Å². The minimum absolute atomic E-state index is 0.321. The first-order valence-corrected chi connectivity index (χ1v) is 9.37. The van der Waals surface area contributed by atoms with Gasteiger partial charge < -0.3 is 0 Å². The lowest BCUT2D eigenvalue weighted by molar-refractivity contribution is 0.0897. The summed E-state index contributed by atoms with van der Waals surface area (Å²) in [6, 6.07) is 12.8. The molecule has 1 atom stereocenters. The molecule has 1 heterocycles. The number of aromatic nitrogens is 1. The maximum absolute atomic E-state index is 12.4. The van der Waals surface area contributed by atoms with Crippen molar-refractivity contribution in [2.45, 2.75) is 0 Å². The summed E-state index contributed by atoms with van der Waals surface area (Å²) < 4.78 is 12.7. The number of carbonyl (C=O) groups is 1. The fourth-order valence-corrected chi connectivity index (χ4v) is 2.77. The van der Waals surface area contributed by atoms with E-state index in [0.717, 1.165) is 21.9 Å². The first kappa shape index (κ1) is 17.5. The molecule has 128 valence electrons. The molecular weight excluding hydrogens is 358 g/mol. The van der Waals surface area contributed by atoms with E-state index in [2.05, 4.69) is 10.4 Å². The van der Waals surface area contributed by atoms with E-state index in [0.29, 0.717) is 10.6 Å². The van der Waals surface area contributed by atoms with Gasteiger partial charge in [0.25, 0.3) is 5.91 Å². The minimum Gasteiger partial charge on any atom is -0.273 e. The molecule has 1 N–H and O–H groups in total. The third kappa shape index (κ3) is 3.87. The van der Waals surface area contributed by atoms with Gasteiger partial charge in [0, 0.05) is 47.2 Å². The molecule has 0 saturated carbocycles. The molecule has 1 aromatic heterocycles. The van der Waals surface area contributed by atoms with Crippen LogP contribution >= 0.6 is 11.6 Å². The molecule has 3 rings (SSSR count). The van der Waals surface area contributed by atoms with Gasteiger partial charge in [-0.1, -0.05) is 29.8 Å². The van der Waals surface area contributed by atoms with Crippen LogP contribution in [0.25, 0.3) is 21.9 Å². The summed E-state index contributed by atoms with van der Waals surface area (Å²) in [5.41, 5.74) is 4.94. The number of benzene rings is 2. The first-order chi connectivity index (χ1) is 12.0. The summed E-state index contributed by atoms with van der Waals surface area (Å²) in [5.74, 6) is -0.321. The van der Waals surface area contributed by atoms with Crippen LogP contribution in [0.1, 0.15) is 10.4 Å². The highest BCUT2D eigenvalue weighted by molar-refractivity contribution is 7.81. The van der Waals surface area contributed by atoms with E-state index in [-0.39, 0.29) is 5.91 Å². The monoisotopic (exact) mass is 373 g/mol.